The minimum atomic E-state index is -0.103. The molecule has 0 saturated carbocycles. The number of aromatic nitrogens is 3. The van der Waals surface area contributed by atoms with Gasteiger partial charge in [0.25, 0.3) is 0 Å². The monoisotopic (exact) mass is 729 g/mol. The number of fused-ring (bicyclic) bond motifs is 10. The van der Waals surface area contributed by atoms with Crippen molar-refractivity contribution in [2.24, 2.45) is 0 Å². The largest absolute Gasteiger partial charge is 0.455 e. The molecule has 57 heavy (non-hydrogen) atoms. The standard InChI is InChI=1S/C53H35N3O/c1-53(2)43-22-12-9-19-36(43)40-30-42-41-29-33(25-28-46(41)56(47(42)31-44(40)53)34-17-7-4-8-18-34)35-26-27-39(49-38-21-11-14-24-48(38)57-51(35)49)52-54-45-23-13-10-20-37(45)50(55-52)32-15-5-3-6-16-32/h3-31H,1-2H3. The molecule has 11 aromatic rings. The van der Waals surface area contributed by atoms with E-state index in [1.807, 2.05) is 18.2 Å². The van der Waals surface area contributed by atoms with E-state index in [2.05, 4.69) is 176 Å². The molecule has 4 nitrogen and oxygen atoms in total. The third-order valence-electron chi connectivity index (χ3n) is 12.2. The number of hydrogen-bond donors (Lipinski definition) is 0. The molecule has 3 heterocycles. The number of furan rings is 1. The Bertz CT molecular complexity index is 3430. The van der Waals surface area contributed by atoms with Crippen LogP contribution in [0.5, 0.6) is 0 Å². The molecule has 0 saturated heterocycles. The summed E-state index contributed by atoms with van der Waals surface area (Å²) in [6, 6.07) is 62.7. The first-order valence-corrected chi connectivity index (χ1v) is 19.6. The Labute approximate surface area is 329 Å². The van der Waals surface area contributed by atoms with Crippen LogP contribution in [0.1, 0.15) is 25.0 Å². The lowest BCUT2D eigenvalue weighted by Gasteiger charge is -2.21. The predicted molar refractivity (Wildman–Crippen MR) is 235 cm³/mol. The fourth-order valence-electron chi connectivity index (χ4n) is 9.49. The van der Waals surface area contributed by atoms with E-state index >= 15 is 0 Å². The van der Waals surface area contributed by atoms with Crippen molar-refractivity contribution in [1.82, 2.24) is 14.5 Å². The molecule has 0 bridgehead atoms. The van der Waals surface area contributed by atoms with Gasteiger partial charge >= 0.3 is 0 Å². The molecule has 0 N–H and O–H groups in total. The van der Waals surface area contributed by atoms with Gasteiger partial charge in [0, 0.05) is 54.7 Å². The zero-order valence-corrected chi connectivity index (χ0v) is 31.5. The van der Waals surface area contributed by atoms with E-state index in [4.69, 9.17) is 14.4 Å². The zero-order chi connectivity index (χ0) is 37.8. The summed E-state index contributed by atoms with van der Waals surface area (Å²) < 4.78 is 9.26. The Morgan fingerprint density at radius 3 is 2.04 bits per heavy atom. The van der Waals surface area contributed by atoms with E-state index in [0.29, 0.717) is 5.82 Å². The molecule has 0 aliphatic heterocycles. The summed E-state index contributed by atoms with van der Waals surface area (Å²) in [4.78, 5) is 10.5. The molecule has 0 unspecified atom stereocenters. The van der Waals surface area contributed by atoms with Crippen LogP contribution in [0.25, 0.3) is 105 Å². The number of para-hydroxylation sites is 3. The normalized spacial score (nSPS) is 13.2. The van der Waals surface area contributed by atoms with Crippen molar-refractivity contribution in [1.29, 1.82) is 0 Å². The summed E-state index contributed by atoms with van der Waals surface area (Å²) in [5.74, 6) is 0.675. The van der Waals surface area contributed by atoms with Crippen LogP contribution in [-0.4, -0.2) is 14.5 Å². The van der Waals surface area contributed by atoms with Gasteiger partial charge in [0.1, 0.15) is 11.2 Å². The molecule has 8 aromatic carbocycles. The zero-order valence-electron chi connectivity index (χ0n) is 31.5. The number of hydrogen-bond acceptors (Lipinski definition) is 3. The van der Waals surface area contributed by atoms with Crippen LogP contribution in [-0.2, 0) is 5.41 Å². The van der Waals surface area contributed by atoms with Crippen LogP contribution in [0.4, 0.5) is 0 Å². The molecule has 0 atom stereocenters. The van der Waals surface area contributed by atoms with Gasteiger partial charge in [0.05, 0.1) is 22.2 Å². The molecular formula is C53H35N3O. The summed E-state index contributed by atoms with van der Waals surface area (Å²) in [6.45, 7) is 4.70. The summed E-state index contributed by atoms with van der Waals surface area (Å²) in [6.07, 6.45) is 0. The first-order chi connectivity index (χ1) is 28.0. The summed E-state index contributed by atoms with van der Waals surface area (Å²) in [7, 11) is 0. The van der Waals surface area contributed by atoms with Crippen LogP contribution in [0.15, 0.2) is 180 Å². The third-order valence-corrected chi connectivity index (χ3v) is 12.2. The Morgan fingerprint density at radius 1 is 0.474 bits per heavy atom. The molecule has 0 amide bonds. The van der Waals surface area contributed by atoms with Gasteiger partial charge in [0.15, 0.2) is 5.82 Å². The van der Waals surface area contributed by atoms with Gasteiger partial charge in [-0.1, -0.05) is 129 Å². The fraction of sp³-hybridized carbons (Fsp3) is 0.0566. The second-order valence-corrected chi connectivity index (χ2v) is 15.7. The topological polar surface area (TPSA) is 43.9 Å². The van der Waals surface area contributed by atoms with Crippen LogP contribution < -0.4 is 0 Å². The summed E-state index contributed by atoms with van der Waals surface area (Å²) >= 11 is 0. The Kier molecular flexibility index (Phi) is 6.65. The van der Waals surface area contributed by atoms with E-state index in [0.717, 1.165) is 66.5 Å². The molecule has 268 valence electrons. The van der Waals surface area contributed by atoms with Crippen LogP contribution in [0, 0.1) is 0 Å². The maximum Gasteiger partial charge on any atom is 0.161 e. The maximum absolute atomic E-state index is 6.84. The highest BCUT2D eigenvalue weighted by Gasteiger charge is 2.36. The van der Waals surface area contributed by atoms with E-state index in [1.54, 1.807) is 0 Å². The quantitative estimate of drug-likeness (QED) is 0.181. The van der Waals surface area contributed by atoms with E-state index in [-0.39, 0.29) is 5.41 Å². The van der Waals surface area contributed by atoms with Crippen molar-refractivity contribution in [3.05, 3.63) is 187 Å². The molecule has 0 fully saturated rings. The minimum absolute atomic E-state index is 0.103. The SMILES string of the molecule is CC1(C)c2ccccc2-c2cc3c4cc(-c5ccc(-c6nc(-c7ccccc7)c7ccccc7n6)c6c5oc5ccccc56)ccc4n(-c4ccccc4)c3cc21. The van der Waals surface area contributed by atoms with Crippen molar-refractivity contribution < 1.29 is 4.42 Å². The van der Waals surface area contributed by atoms with Gasteiger partial charge in [-0.05, 0) is 88.5 Å². The van der Waals surface area contributed by atoms with Crippen LogP contribution in [0.2, 0.25) is 0 Å². The van der Waals surface area contributed by atoms with Crippen molar-refractivity contribution in [2.75, 3.05) is 0 Å². The molecule has 1 aliphatic rings. The molecule has 12 rings (SSSR count). The van der Waals surface area contributed by atoms with E-state index < -0.39 is 0 Å². The van der Waals surface area contributed by atoms with E-state index in [9.17, 15) is 0 Å². The second-order valence-electron chi connectivity index (χ2n) is 15.7. The van der Waals surface area contributed by atoms with Gasteiger partial charge in [-0.25, -0.2) is 9.97 Å². The average Bonchev–Trinajstić information content (AvgIpc) is 3.88. The minimum Gasteiger partial charge on any atom is -0.455 e. The maximum atomic E-state index is 6.84. The predicted octanol–water partition coefficient (Wildman–Crippen LogP) is 13.9. The Hall–Kier alpha value is -7.30. The van der Waals surface area contributed by atoms with Crippen molar-refractivity contribution in [2.45, 2.75) is 19.3 Å². The van der Waals surface area contributed by atoms with Gasteiger partial charge < -0.3 is 8.98 Å². The number of rotatable bonds is 4. The smallest absolute Gasteiger partial charge is 0.161 e. The molecule has 0 radical (unpaired) electrons. The van der Waals surface area contributed by atoms with Gasteiger partial charge in [0.2, 0.25) is 0 Å². The molecule has 0 spiro atoms. The lowest BCUT2D eigenvalue weighted by atomic mass is 9.82. The van der Waals surface area contributed by atoms with Gasteiger partial charge in [-0.15, -0.1) is 0 Å². The van der Waals surface area contributed by atoms with Gasteiger partial charge in [-0.2, -0.15) is 0 Å². The molecule has 1 aliphatic carbocycles. The van der Waals surface area contributed by atoms with Crippen LogP contribution in [0.3, 0.4) is 0 Å². The summed E-state index contributed by atoms with van der Waals surface area (Å²) in [5.41, 5.74) is 16.4. The molecular weight excluding hydrogens is 695 g/mol. The van der Waals surface area contributed by atoms with Crippen molar-refractivity contribution in [3.63, 3.8) is 0 Å². The Morgan fingerprint density at radius 2 is 1.18 bits per heavy atom. The molecule has 3 aromatic heterocycles. The van der Waals surface area contributed by atoms with E-state index in [1.165, 1.54) is 44.1 Å². The first kappa shape index (κ1) is 32.0. The number of benzene rings is 8. The van der Waals surface area contributed by atoms with Gasteiger partial charge in [-0.3, -0.25) is 0 Å². The highest BCUT2D eigenvalue weighted by molar-refractivity contribution is 6.18. The number of nitrogens with zero attached hydrogens (tertiary/aromatic N) is 3. The van der Waals surface area contributed by atoms with Crippen molar-refractivity contribution >= 4 is 54.6 Å². The van der Waals surface area contributed by atoms with Crippen LogP contribution >= 0.6 is 0 Å². The lowest BCUT2D eigenvalue weighted by Crippen LogP contribution is -2.14. The highest BCUT2D eigenvalue weighted by atomic mass is 16.3. The average molecular weight is 730 g/mol. The fourth-order valence-corrected chi connectivity index (χ4v) is 9.49. The first-order valence-electron chi connectivity index (χ1n) is 19.6. The lowest BCUT2D eigenvalue weighted by molar-refractivity contribution is 0.661. The molecule has 4 heteroatoms. The second kappa shape index (κ2) is 11.8. The summed E-state index contributed by atoms with van der Waals surface area (Å²) in [5, 5.41) is 5.52. The van der Waals surface area contributed by atoms with Crippen molar-refractivity contribution in [3.8, 4) is 50.6 Å². The Balaban J connectivity index is 1.12. The highest BCUT2D eigenvalue weighted by Crippen LogP contribution is 2.51. The third kappa shape index (κ3) is 4.62.